The molecule has 0 aliphatic carbocycles. The average molecular weight is 132 g/mol. The highest BCUT2D eigenvalue weighted by Crippen LogP contribution is 1.90. The van der Waals surface area contributed by atoms with Gasteiger partial charge in [-0.05, 0) is 0 Å². The second kappa shape index (κ2) is 1.71. The molecule has 0 aliphatic rings. The third kappa shape index (κ3) is 0.863. The van der Waals surface area contributed by atoms with E-state index in [0.29, 0.717) is 0 Å². The summed E-state index contributed by atoms with van der Waals surface area (Å²) in [4.78, 5) is 0. The molecule has 0 N–H and O–H groups in total. The van der Waals surface area contributed by atoms with Crippen LogP contribution in [0.3, 0.4) is 0 Å². The highest BCUT2D eigenvalue weighted by Gasteiger charge is 1.80. The minimum atomic E-state index is 0.796. The van der Waals surface area contributed by atoms with Gasteiger partial charge >= 0.3 is 0 Å². The van der Waals surface area contributed by atoms with Crippen molar-refractivity contribution >= 4 is 23.9 Å². The summed E-state index contributed by atoms with van der Waals surface area (Å²) in [5, 5.41) is 0. The second-order valence-electron chi connectivity index (χ2n) is 1.15. The van der Waals surface area contributed by atoms with E-state index < -0.39 is 0 Å². The van der Waals surface area contributed by atoms with Gasteiger partial charge in [0.2, 0.25) is 0 Å². The molecule has 4 heteroatoms. The molecular formula is C3H4N2S2. The first-order valence-corrected chi connectivity index (χ1v) is 2.93. The van der Waals surface area contributed by atoms with Crippen LogP contribution in [0.25, 0.3) is 0 Å². The van der Waals surface area contributed by atoms with E-state index in [1.165, 1.54) is 11.7 Å². The van der Waals surface area contributed by atoms with E-state index in [2.05, 4.69) is 4.37 Å². The fraction of sp³-hybridized carbons (Fsp3) is 0.333. The van der Waals surface area contributed by atoms with Crippen LogP contribution in [0.1, 0.15) is 0 Å². The third-order valence-corrected chi connectivity index (χ3v) is 1.78. The molecule has 7 heavy (non-hydrogen) atoms. The van der Waals surface area contributed by atoms with Gasteiger partial charge in [-0.3, -0.25) is 3.96 Å². The molecule has 0 aliphatic heterocycles. The van der Waals surface area contributed by atoms with Gasteiger partial charge < -0.3 is 0 Å². The molecule has 0 radical (unpaired) electrons. The molecule has 0 unspecified atom stereocenters. The van der Waals surface area contributed by atoms with Crippen molar-refractivity contribution in [3.63, 3.8) is 0 Å². The Kier molecular flexibility index (Phi) is 1.21. The van der Waals surface area contributed by atoms with Crippen molar-refractivity contribution in [2.75, 3.05) is 0 Å². The summed E-state index contributed by atoms with van der Waals surface area (Å²) in [7, 11) is 1.89. The number of hydrogen-bond acceptors (Lipinski definition) is 3. The number of hydrogen-bond donors (Lipinski definition) is 0. The molecule has 2 nitrogen and oxygen atoms in total. The van der Waals surface area contributed by atoms with Gasteiger partial charge in [-0.25, -0.2) is 0 Å². The number of nitrogens with zero attached hydrogens (tertiary/aromatic N) is 2. The molecule has 1 rings (SSSR count). The van der Waals surface area contributed by atoms with Crippen LogP contribution in [0.4, 0.5) is 0 Å². The molecule has 0 bridgehead atoms. The van der Waals surface area contributed by atoms with Crippen LogP contribution in [0, 0.1) is 4.64 Å². The molecule has 0 spiro atoms. The normalized spacial score (nSPS) is 9.29. The average Bonchev–Trinajstić information content (AvgIpc) is 1.91. The van der Waals surface area contributed by atoms with E-state index in [0.717, 1.165) is 4.64 Å². The first kappa shape index (κ1) is 4.93. The Morgan fingerprint density at radius 1 is 2.00 bits per heavy atom. The molecule has 0 saturated carbocycles. The highest BCUT2D eigenvalue weighted by atomic mass is 32.1. The number of rotatable bonds is 0. The Morgan fingerprint density at radius 3 is 2.86 bits per heavy atom. The van der Waals surface area contributed by atoms with Gasteiger partial charge in [0.05, 0.1) is 6.20 Å². The Labute approximate surface area is 50.7 Å². The summed E-state index contributed by atoms with van der Waals surface area (Å²) < 4.78 is 6.45. The molecule has 1 aromatic heterocycles. The highest BCUT2D eigenvalue weighted by molar-refractivity contribution is 7.71. The first-order chi connectivity index (χ1) is 3.30. The lowest BCUT2D eigenvalue weighted by Gasteiger charge is -1.76. The molecule has 1 heterocycles. The number of aryl methyl sites for hydroxylation is 1. The second-order valence-corrected chi connectivity index (χ2v) is 2.49. The van der Waals surface area contributed by atoms with Gasteiger partial charge in [0.15, 0.2) is 0 Å². The fourth-order valence-corrected chi connectivity index (χ4v) is 0.896. The van der Waals surface area contributed by atoms with Crippen molar-refractivity contribution < 1.29 is 0 Å². The van der Waals surface area contributed by atoms with Crippen molar-refractivity contribution in [3.05, 3.63) is 10.8 Å². The minimum Gasteiger partial charge on any atom is -0.274 e. The van der Waals surface area contributed by atoms with Gasteiger partial charge in [0.1, 0.15) is 4.64 Å². The van der Waals surface area contributed by atoms with Crippen molar-refractivity contribution in [2.24, 2.45) is 7.05 Å². The van der Waals surface area contributed by atoms with Crippen molar-refractivity contribution in [3.8, 4) is 0 Å². The van der Waals surface area contributed by atoms with Crippen LogP contribution in [0.2, 0.25) is 0 Å². The lowest BCUT2D eigenvalue weighted by atomic mass is 10.9. The first-order valence-electron chi connectivity index (χ1n) is 1.79. The van der Waals surface area contributed by atoms with Crippen molar-refractivity contribution in [2.45, 2.75) is 0 Å². The van der Waals surface area contributed by atoms with E-state index >= 15 is 0 Å². The summed E-state index contributed by atoms with van der Waals surface area (Å²) >= 11 is 6.16. The maximum absolute atomic E-state index is 4.80. The smallest absolute Gasteiger partial charge is 0.135 e. The largest absolute Gasteiger partial charge is 0.274 e. The van der Waals surface area contributed by atoms with Crippen LogP contribution in [0.5, 0.6) is 0 Å². The van der Waals surface area contributed by atoms with Gasteiger partial charge in [-0.15, -0.1) is 0 Å². The van der Waals surface area contributed by atoms with Crippen LogP contribution >= 0.6 is 23.9 Å². The minimum absolute atomic E-state index is 0.796. The zero-order valence-corrected chi connectivity index (χ0v) is 5.42. The van der Waals surface area contributed by atoms with Crippen LogP contribution < -0.4 is 0 Å². The Bertz CT molecular complexity index is 199. The summed E-state index contributed by atoms with van der Waals surface area (Å²) in [6.07, 6.45) is 1.67. The predicted molar refractivity (Wildman–Crippen MR) is 31.9 cm³/mol. The van der Waals surface area contributed by atoms with Crippen LogP contribution in [-0.2, 0) is 7.05 Å². The summed E-state index contributed by atoms with van der Waals surface area (Å²) in [6.45, 7) is 0. The number of aromatic nitrogens is 2. The monoisotopic (exact) mass is 132 g/mol. The third-order valence-electron chi connectivity index (χ3n) is 0.643. The van der Waals surface area contributed by atoms with E-state index in [-0.39, 0.29) is 0 Å². The van der Waals surface area contributed by atoms with E-state index in [4.69, 9.17) is 12.2 Å². The molecule has 0 amide bonds. The molecule has 0 fully saturated rings. The Hall–Kier alpha value is -0.220. The van der Waals surface area contributed by atoms with Crippen molar-refractivity contribution in [1.29, 1.82) is 0 Å². The SMILES string of the molecule is Cn1sncc1=S. The zero-order chi connectivity index (χ0) is 5.28. The molecular weight excluding hydrogens is 128 g/mol. The van der Waals surface area contributed by atoms with E-state index in [9.17, 15) is 0 Å². The Morgan fingerprint density at radius 2 is 2.71 bits per heavy atom. The van der Waals surface area contributed by atoms with Gasteiger partial charge in [0.25, 0.3) is 0 Å². The fourth-order valence-electron chi connectivity index (χ4n) is 0.261. The van der Waals surface area contributed by atoms with Crippen LogP contribution in [0.15, 0.2) is 6.20 Å². The molecule has 0 aromatic carbocycles. The summed E-state index contributed by atoms with van der Waals surface area (Å²) in [6, 6.07) is 0. The maximum Gasteiger partial charge on any atom is 0.135 e. The maximum atomic E-state index is 4.80. The zero-order valence-electron chi connectivity index (χ0n) is 3.79. The van der Waals surface area contributed by atoms with Gasteiger partial charge in [0, 0.05) is 18.8 Å². The van der Waals surface area contributed by atoms with E-state index in [1.807, 2.05) is 11.0 Å². The van der Waals surface area contributed by atoms with E-state index in [1.54, 1.807) is 6.20 Å². The molecule has 1 aromatic rings. The van der Waals surface area contributed by atoms with Crippen molar-refractivity contribution in [1.82, 2.24) is 8.33 Å². The predicted octanol–water partition coefficient (Wildman–Crippen LogP) is 1.21. The molecule has 0 saturated heterocycles. The quantitative estimate of drug-likeness (QED) is 0.494. The standard InChI is InChI=1S/C3H4N2S2/c1-5-3(6)2-4-7-5/h2H,1H3. The molecule has 0 atom stereocenters. The summed E-state index contributed by atoms with van der Waals surface area (Å²) in [5.41, 5.74) is 0. The molecule has 38 valence electrons. The van der Waals surface area contributed by atoms with Gasteiger partial charge in [-0.1, -0.05) is 12.2 Å². The van der Waals surface area contributed by atoms with Gasteiger partial charge in [-0.2, -0.15) is 4.37 Å². The summed E-state index contributed by atoms with van der Waals surface area (Å²) in [5.74, 6) is 0. The lowest BCUT2D eigenvalue weighted by molar-refractivity contribution is 1.01. The lowest BCUT2D eigenvalue weighted by Crippen LogP contribution is -1.75. The topological polar surface area (TPSA) is 17.8 Å². The van der Waals surface area contributed by atoms with Crippen LogP contribution in [-0.4, -0.2) is 8.33 Å². The Balaban J connectivity index is 3.39.